The number of H-pyrrole nitrogens is 1. The Hall–Kier alpha value is -3.27. The van der Waals surface area contributed by atoms with Crippen LogP contribution in [0.25, 0.3) is 10.8 Å². The molecule has 5 atom stereocenters. The van der Waals surface area contributed by atoms with Crippen LogP contribution < -0.4 is 16.6 Å². The summed E-state index contributed by atoms with van der Waals surface area (Å²) in [6, 6.07) is 14.8. The van der Waals surface area contributed by atoms with Crippen LogP contribution in [0.1, 0.15) is 37.6 Å². The molecule has 2 aromatic carbocycles. The Kier molecular flexibility index (Phi) is 6.22. The van der Waals surface area contributed by atoms with Crippen LogP contribution in [0.3, 0.4) is 0 Å². The first-order chi connectivity index (χ1) is 15.3. The first-order valence-corrected chi connectivity index (χ1v) is 10.5. The molecule has 32 heavy (non-hydrogen) atoms. The highest BCUT2D eigenvalue weighted by molar-refractivity contribution is 5.86. The summed E-state index contributed by atoms with van der Waals surface area (Å²) in [6.45, 7) is 1.91. The van der Waals surface area contributed by atoms with Crippen molar-refractivity contribution in [3.05, 3.63) is 81.1 Å². The number of nitrogens with one attached hydrogen (secondary N) is 2. The van der Waals surface area contributed by atoms with E-state index in [1.165, 1.54) is 6.20 Å². The van der Waals surface area contributed by atoms with Gasteiger partial charge in [-0.25, -0.2) is 4.79 Å². The molecule has 1 aliphatic heterocycles. The van der Waals surface area contributed by atoms with E-state index in [9.17, 15) is 24.6 Å². The average molecular weight is 439 g/mol. The first kappa shape index (κ1) is 21.9. The third-order valence-electron chi connectivity index (χ3n) is 5.79. The van der Waals surface area contributed by atoms with Crippen molar-refractivity contribution < 1.29 is 19.7 Å². The second-order valence-corrected chi connectivity index (χ2v) is 7.96. The summed E-state index contributed by atoms with van der Waals surface area (Å²) in [4.78, 5) is 37.8. The van der Waals surface area contributed by atoms with Crippen LogP contribution in [0, 0.1) is 0 Å². The molecule has 1 amide bonds. The zero-order valence-electron chi connectivity index (χ0n) is 17.5. The van der Waals surface area contributed by atoms with Gasteiger partial charge in [-0.05, 0) is 29.7 Å². The maximum atomic E-state index is 12.5. The smallest absolute Gasteiger partial charge is 0.330 e. The van der Waals surface area contributed by atoms with Crippen molar-refractivity contribution in [2.24, 2.45) is 0 Å². The maximum Gasteiger partial charge on any atom is 0.330 e. The van der Waals surface area contributed by atoms with Gasteiger partial charge >= 0.3 is 5.69 Å². The third kappa shape index (κ3) is 4.36. The molecule has 0 unspecified atom stereocenters. The van der Waals surface area contributed by atoms with Crippen LogP contribution in [-0.4, -0.2) is 44.0 Å². The molecular formula is C23H25N3O6. The number of rotatable bonds is 6. The molecule has 9 nitrogen and oxygen atoms in total. The average Bonchev–Trinajstić information content (AvgIpc) is 3.05. The van der Waals surface area contributed by atoms with Gasteiger partial charge in [0.1, 0.15) is 12.2 Å². The summed E-state index contributed by atoms with van der Waals surface area (Å²) in [5.41, 5.74) is -0.328. The van der Waals surface area contributed by atoms with E-state index >= 15 is 0 Å². The molecule has 2 heterocycles. The summed E-state index contributed by atoms with van der Waals surface area (Å²) in [5, 5.41) is 25.8. The highest BCUT2D eigenvalue weighted by atomic mass is 16.6. The minimum absolute atomic E-state index is 0.0663. The van der Waals surface area contributed by atoms with Gasteiger partial charge in [0.2, 0.25) is 5.91 Å². The standard InChI is InChI=1S/C23H25N3O6/c1-13(15-8-4-6-14-5-2-3-7-16(14)15)24-18(27)10-9-17-20(29)21(30)22(32-17)26-12-11-19(28)25-23(26)31/h2-8,11-13,17,20-22,29-30H,9-10H2,1H3,(H,24,27)(H,25,28,31)/t13-,17+,20+,21+,22+/m0/s1. The van der Waals surface area contributed by atoms with E-state index < -0.39 is 35.8 Å². The summed E-state index contributed by atoms with van der Waals surface area (Å²) < 4.78 is 6.66. The van der Waals surface area contributed by atoms with Crippen molar-refractivity contribution in [1.82, 2.24) is 14.9 Å². The summed E-state index contributed by atoms with van der Waals surface area (Å²) >= 11 is 0. The van der Waals surface area contributed by atoms with Gasteiger partial charge < -0.3 is 20.3 Å². The predicted molar refractivity (Wildman–Crippen MR) is 117 cm³/mol. The lowest BCUT2D eigenvalue weighted by atomic mass is 9.99. The van der Waals surface area contributed by atoms with Gasteiger partial charge in [-0.3, -0.25) is 19.1 Å². The molecule has 0 saturated carbocycles. The van der Waals surface area contributed by atoms with E-state index in [1.807, 2.05) is 49.4 Å². The summed E-state index contributed by atoms with van der Waals surface area (Å²) in [7, 11) is 0. The van der Waals surface area contributed by atoms with Crippen molar-refractivity contribution >= 4 is 16.7 Å². The lowest BCUT2D eigenvalue weighted by molar-refractivity contribution is -0.123. The van der Waals surface area contributed by atoms with Crippen molar-refractivity contribution in [3.8, 4) is 0 Å². The Morgan fingerprint density at radius 2 is 1.88 bits per heavy atom. The number of carbonyl (C=O) groups is 1. The molecule has 1 saturated heterocycles. The number of aliphatic hydroxyl groups is 2. The van der Waals surface area contributed by atoms with E-state index in [0.29, 0.717) is 0 Å². The van der Waals surface area contributed by atoms with E-state index in [0.717, 1.165) is 27.0 Å². The fourth-order valence-corrected chi connectivity index (χ4v) is 4.12. The molecule has 9 heteroatoms. The topological polar surface area (TPSA) is 134 Å². The Bertz CT molecular complexity index is 1230. The number of carbonyl (C=O) groups excluding carboxylic acids is 1. The molecule has 1 fully saturated rings. The molecule has 168 valence electrons. The Balaban J connectivity index is 1.38. The zero-order valence-corrected chi connectivity index (χ0v) is 17.5. The second-order valence-electron chi connectivity index (χ2n) is 7.96. The normalized spacial score (nSPS) is 23.8. The largest absolute Gasteiger partial charge is 0.388 e. The monoisotopic (exact) mass is 439 g/mol. The fourth-order valence-electron chi connectivity index (χ4n) is 4.12. The number of amides is 1. The first-order valence-electron chi connectivity index (χ1n) is 10.5. The molecule has 1 aliphatic rings. The highest BCUT2D eigenvalue weighted by Gasteiger charge is 2.43. The van der Waals surface area contributed by atoms with Crippen molar-refractivity contribution in [2.75, 3.05) is 0 Å². The predicted octanol–water partition coefficient (Wildman–Crippen LogP) is 0.967. The van der Waals surface area contributed by atoms with E-state index in [2.05, 4.69) is 10.3 Å². The van der Waals surface area contributed by atoms with Crippen LogP contribution in [0.2, 0.25) is 0 Å². The number of fused-ring (bicyclic) bond motifs is 1. The number of hydrogen-bond donors (Lipinski definition) is 4. The van der Waals surface area contributed by atoms with E-state index in [-0.39, 0.29) is 24.8 Å². The SMILES string of the molecule is C[C@H](NC(=O)CC[C@H]1O[C@@H](n2ccc(=O)[nH]c2=O)[C@H](O)[C@@H]1O)c1cccc2ccccc12. The van der Waals surface area contributed by atoms with Crippen LogP contribution in [0.15, 0.2) is 64.3 Å². The molecule has 0 spiro atoms. The molecule has 1 aromatic heterocycles. The third-order valence-corrected chi connectivity index (χ3v) is 5.79. The van der Waals surface area contributed by atoms with Gasteiger partial charge in [0.25, 0.3) is 5.56 Å². The Morgan fingerprint density at radius 3 is 2.66 bits per heavy atom. The minimum Gasteiger partial charge on any atom is -0.388 e. The summed E-state index contributed by atoms with van der Waals surface area (Å²) in [5.74, 6) is -0.222. The second kappa shape index (κ2) is 9.07. The quantitative estimate of drug-likeness (QED) is 0.452. The molecule has 0 bridgehead atoms. The van der Waals surface area contributed by atoms with Gasteiger partial charge in [-0.2, -0.15) is 0 Å². The number of aromatic nitrogens is 2. The Labute approximate surface area is 183 Å². The van der Waals surface area contributed by atoms with Gasteiger partial charge in [0.15, 0.2) is 6.23 Å². The van der Waals surface area contributed by atoms with Crippen LogP contribution >= 0.6 is 0 Å². The zero-order chi connectivity index (χ0) is 22.8. The highest BCUT2D eigenvalue weighted by Crippen LogP contribution is 2.31. The number of benzene rings is 2. The number of hydrogen-bond acceptors (Lipinski definition) is 6. The fraction of sp³-hybridized carbons (Fsp3) is 0.348. The number of ether oxygens (including phenoxy) is 1. The summed E-state index contributed by atoms with van der Waals surface area (Å²) in [6.07, 6.45) is -3.23. The maximum absolute atomic E-state index is 12.5. The molecule has 3 aromatic rings. The molecule has 0 aliphatic carbocycles. The van der Waals surface area contributed by atoms with Crippen LogP contribution in [0.4, 0.5) is 0 Å². The number of nitrogens with zero attached hydrogens (tertiary/aromatic N) is 1. The molecular weight excluding hydrogens is 414 g/mol. The molecule has 0 radical (unpaired) electrons. The van der Waals surface area contributed by atoms with Crippen molar-refractivity contribution in [3.63, 3.8) is 0 Å². The number of aromatic amines is 1. The number of aliphatic hydroxyl groups excluding tert-OH is 2. The van der Waals surface area contributed by atoms with Crippen LogP contribution in [-0.2, 0) is 9.53 Å². The Morgan fingerprint density at radius 1 is 1.12 bits per heavy atom. The van der Waals surface area contributed by atoms with E-state index in [4.69, 9.17) is 4.74 Å². The van der Waals surface area contributed by atoms with Gasteiger partial charge in [0, 0.05) is 18.7 Å². The minimum atomic E-state index is -1.37. The van der Waals surface area contributed by atoms with Gasteiger partial charge in [-0.1, -0.05) is 42.5 Å². The lowest BCUT2D eigenvalue weighted by Gasteiger charge is -2.18. The van der Waals surface area contributed by atoms with Crippen molar-refractivity contribution in [1.29, 1.82) is 0 Å². The van der Waals surface area contributed by atoms with E-state index in [1.54, 1.807) is 0 Å². The lowest BCUT2D eigenvalue weighted by Crippen LogP contribution is -2.37. The van der Waals surface area contributed by atoms with Gasteiger partial charge in [-0.15, -0.1) is 0 Å². The van der Waals surface area contributed by atoms with Crippen molar-refractivity contribution in [2.45, 2.75) is 50.3 Å². The molecule has 4 N–H and O–H groups in total. The molecule has 4 rings (SSSR count). The van der Waals surface area contributed by atoms with Crippen LogP contribution in [0.5, 0.6) is 0 Å². The van der Waals surface area contributed by atoms with Gasteiger partial charge in [0.05, 0.1) is 12.1 Å².